The third-order valence-corrected chi connectivity index (χ3v) is 4.15. The van der Waals surface area contributed by atoms with Gasteiger partial charge in [0, 0.05) is 0 Å². The van der Waals surface area contributed by atoms with Crippen LogP contribution in [0.15, 0.2) is 0 Å². The summed E-state index contributed by atoms with van der Waals surface area (Å²) in [6, 6.07) is 0. The zero-order valence-corrected chi connectivity index (χ0v) is 12.7. The lowest BCUT2D eigenvalue weighted by Gasteiger charge is -2.15. The number of alkyl halides is 1. The predicted octanol–water partition coefficient (Wildman–Crippen LogP) is 4.37. The van der Waals surface area contributed by atoms with Crippen molar-refractivity contribution >= 4 is 17.7 Å². The maximum Gasteiger partial charge on any atom is 0.319 e. The molecule has 0 spiro atoms. The summed E-state index contributed by atoms with van der Waals surface area (Å²) in [7, 11) is 0. The van der Waals surface area contributed by atoms with Crippen LogP contribution in [0, 0.1) is 0 Å². The van der Waals surface area contributed by atoms with Crippen molar-refractivity contribution in [1.82, 2.24) is 0 Å². The number of rotatable bonds is 11. The summed E-state index contributed by atoms with van der Waals surface area (Å²) in [5, 5.41) is -0.0652. The van der Waals surface area contributed by atoms with Gasteiger partial charge >= 0.3 is 5.97 Å². The van der Waals surface area contributed by atoms with E-state index in [-0.39, 0.29) is 11.2 Å². The van der Waals surface area contributed by atoms with E-state index in [2.05, 4.69) is 6.92 Å². The van der Waals surface area contributed by atoms with E-state index in [0.29, 0.717) is 19.4 Å². The second kappa shape index (κ2) is 11.8. The molecule has 2 unspecified atom stereocenters. The Morgan fingerprint density at radius 1 is 1.22 bits per heavy atom. The molecule has 0 bridgehead atoms. The van der Waals surface area contributed by atoms with E-state index in [1.54, 1.807) is 11.8 Å². The predicted molar refractivity (Wildman–Crippen MR) is 76.8 cm³/mol. The molecule has 0 N–H and O–H groups in total. The Bertz CT molecular complexity index is 212. The van der Waals surface area contributed by atoms with Crippen LogP contribution in [0.5, 0.6) is 0 Å². The number of esters is 1. The molecule has 0 aromatic carbocycles. The minimum Gasteiger partial charge on any atom is -0.465 e. The second-order valence-corrected chi connectivity index (χ2v) is 5.71. The monoisotopic (exact) mass is 278 g/mol. The molecule has 108 valence electrons. The first-order chi connectivity index (χ1) is 8.65. The van der Waals surface area contributed by atoms with E-state index in [9.17, 15) is 9.18 Å². The van der Waals surface area contributed by atoms with Gasteiger partial charge in [0.15, 0.2) is 0 Å². The summed E-state index contributed by atoms with van der Waals surface area (Å²) in [6.45, 7) is 6.24. The largest absolute Gasteiger partial charge is 0.465 e. The van der Waals surface area contributed by atoms with Crippen LogP contribution in [0.2, 0.25) is 0 Å². The van der Waals surface area contributed by atoms with Crippen LogP contribution >= 0.6 is 11.8 Å². The Kier molecular flexibility index (Phi) is 11.7. The normalized spacial score (nSPS) is 14.2. The van der Waals surface area contributed by atoms with Crippen molar-refractivity contribution in [2.75, 3.05) is 12.4 Å². The smallest absolute Gasteiger partial charge is 0.319 e. The maximum atomic E-state index is 13.0. The van der Waals surface area contributed by atoms with Crippen molar-refractivity contribution in [2.24, 2.45) is 0 Å². The third kappa shape index (κ3) is 8.78. The summed E-state index contributed by atoms with van der Waals surface area (Å²) in [5.41, 5.74) is 0. The van der Waals surface area contributed by atoms with Crippen molar-refractivity contribution in [3.8, 4) is 0 Å². The van der Waals surface area contributed by atoms with Gasteiger partial charge in [-0.2, -0.15) is 0 Å². The minimum absolute atomic E-state index is 0.0652. The third-order valence-electron chi connectivity index (χ3n) is 2.79. The standard InChI is InChI=1S/C14H27FO2S/c1-4-7-10-13(14(16)17-6-3)18-11-8-9-12(15)5-2/h12-13H,4-11H2,1-3H3. The highest BCUT2D eigenvalue weighted by molar-refractivity contribution is 8.00. The maximum absolute atomic E-state index is 13.0. The second-order valence-electron chi connectivity index (χ2n) is 4.40. The van der Waals surface area contributed by atoms with Crippen LogP contribution < -0.4 is 0 Å². The van der Waals surface area contributed by atoms with Gasteiger partial charge in [0.25, 0.3) is 0 Å². The Morgan fingerprint density at radius 3 is 2.50 bits per heavy atom. The van der Waals surface area contributed by atoms with Crippen molar-refractivity contribution in [1.29, 1.82) is 0 Å². The lowest BCUT2D eigenvalue weighted by molar-refractivity contribution is -0.142. The number of unbranched alkanes of at least 4 members (excludes halogenated alkanes) is 1. The van der Waals surface area contributed by atoms with E-state index in [0.717, 1.165) is 31.4 Å². The highest BCUT2D eigenvalue weighted by atomic mass is 32.2. The molecule has 18 heavy (non-hydrogen) atoms. The number of thioether (sulfide) groups is 1. The first kappa shape index (κ1) is 17.8. The zero-order valence-electron chi connectivity index (χ0n) is 11.9. The lowest BCUT2D eigenvalue weighted by atomic mass is 10.2. The van der Waals surface area contributed by atoms with Gasteiger partial charge in [0.1, 0.15) is 5.25 Å². The van der Waals surface area contributed by atoms with E-state index in [1.807, 2.05) is 13.8 Å². The van der Waals surface area contributed by atoms with Gasteiger partial charge in [0.2, 0.25) is 0 Å². The number of hydrogen-bond acceptors (Lipinski definition) is 3. The molecule has 0 aromatic rings. The van der Waals surface area contributed by atoms with E-state index in [1.165, 1.54) is 0 Å². The fourth-order valence-electron chi connectivity index (χ4n) is 1.63. The first-order valence-electron chi connectivity index (χ1n) is 7.07. The van der Waals surface area contributed by atoms with Crippen molar-refractivity contribution in [3.63, 3.8) is 0 Å². The molecule has 0 aliphatic carbocycles. The fraction of sp³-hybridized carbons (Fsp3) is 0.929. The van der Waals surface area contributed by atoms with Crippen LogP contribution in [0.1, 0.15) is 59.3 Å². The van der Waals surface area contributed by atoms with Crippen LogP contribution in [-0.2, 0) is 9.53 Å². The molecule has 2 atom stereocenters. The lowest BCUT2D eigenvalue weighted by Crippen LogP contribution is -2.21. The van der Waals surface area contributed by atoms with Crippen molar-refractivity contribution in [2.45, 2.75) is 70.7 Å². The Balaban J connectivity index is 3.89. The van der Waals surface area contributed by atoms with Gasteiger partial charge in [-0.3, -0.25) is 4.79 Å². The van der Waals surface area contributed by atoms with E-state index < -0.39 is 6.17 Å². The summed E-state index contributed by atoms with van der Waals surface area (Å²) in [6.07, 6.45) is 4.32. The highest BCUT2D eigenvalue weighted by Crippen LogP contribution is 2.21. The molecule has 0 saturated heterocycles. The van der Waals surface area contributed by atoms with Crippen LogP contribution in [0.3, 0.4) is 0 Å². The van der Waals surface area contributed by atoms with Gasteiger partial charge in [-0.25, -0.2) is 4.39 Å². The highest BCUT2D eigenvalue weighted by Gasteiger charge is 2.19. The molecule has 0 heterocycles. The van der Waals surface area contributed by atoms with Gasteiger partial charge < -0.3 is 4.74 Å². The van der Waals surface area contributed by atoms with Crippen LogP contribution in [0.4, 0.5) is 4.39 Å². The molecule has 4 heteroatoms. The summed E-state index contributed by atoms with van der Waals surface area (Å²) in [5.74, 6) is 0.733. The number of halogens is 1. The van der Waals surface area contributed by atoms with E-state index in [4.69, 9.17) is 4.74 Å². The van der Waals surface area contributed by atoms with Crippen molar-refractivity contribution in [3.05, 3.63) is 0 Å². The fourth-order valence-corrected chi connectivity index (χ4v) is 2.78. The molecule has 0 aliphatic heterocycles. The van der Waals surface area contributed by atoms with E-state index >= 15 is 0 Å². The Hall–Kier alpha value is -0.250. The molecule has 0 amide bonds. The molecule has 0 aliphatic rings. The summed E-state index contributed by atoms with van der Waals surface area (Å²) >= 11 is 1.62. The molecule has 2 nitrogen and oxygen atoms in total. The molecular formula is C14H27FO2S. The van der Waals surface area contributed by atoms with Gasteiger partial charge in [-0.05, 0) is 38.4 Å². The summed E-state index contributed by atoms with van der Waals surface area (Å²) in [4.78, 5) is 11.7. The average Bonchev–Trinajstić information content (AvgIpc) is 2.37. The topological polar surface area (TPSA) is 26.3 Å². The minimum atomic E-state index is -0.692. The number of carbonyl (C=O) groups excluding carboxylic acids is 1. The average molecular weight is 278 g/mol. The molecule has 0 fully saturated rings. The first-order valence-corrected chi connectivity index (χ1v) is 8.12. The molecule has 0 radical (unpaired) electrons. The molecular weight excluding hydrogens is 251 g/mol. The van der Waals surface area contributed by atoms with Gasteiger partial charge in [-0.15, -0.1) is 11.8 Å². The molecule has 0 rings (SSSR count). The van der Waals surface area contributed by atoms with Crippen molar-refractivity contribution < 1.29 is 13.9 Å². The number of carbonyl (C=O) groups is 1. The number of hydrogen-bond donors (Lipinski definition) is 0. The Morgan fingerprint density at radius 2 is 1.94 bits per heavy atom. The number of ether oxygens (including phenoxy) is 1. The Labute approximate surface area is 115 Å². The molecule has 0 saturated carbocycles. The SMILES string of the molecule is CCCCC(SCCCC(F)CC)C(=O)OCC. The van der Waals surface area contributed by atoms with Gasteiger partial charge in [0.05, 0.1) is 12.8 Å². The summed E-state index contributed by atoms with van der Waals surface area (Å²) < 4.78 is 18.1. The quantitative estimate of drug-likeness (QED) is 0.415. The van der Waals surface area contributed by atoms with Crippen LogP contribution in [-0.4, -0.2) is 29.8 Å². The zero-order chi connectivity index (χ0) is 13.8. The van der Waals surface area contributed by atoms with Crippen LogP contribution in [0.25, 0.3) is 0 Å². The van der Waals surface area contributed by atoms with Gasteiger partial charge in [-0.1, -0.05) is 26.7 Å². The molecule has 0 aromatic heterocycles.